The molecule has 130 valence electrons. The molecule has 7 heteroatoms. The third-order valence-corrected chi connectivity index (χ3v) is 4.20. The Labute approximate surface area is 162 Å². The number of hydrogen-bond donors (Lipinski definition) is 2. The SMILES string of the molecule is O=C(O)c1cccc(-c2ccc(/C=N\NC(=O)c3ccc(I)cc3)o2)c1. The molecule has 0 aliphatic rings. The molecular weight excluding hydrogens is 447 g/mol. The number of hydrogen-bond acceptors (Lipinski definition) is 4. The molecular formula is C19H13IN2O4. The fourth-order valence-electron chi connectivity index (χ4n) is 2.20. The van der Waals surface area contributed by atoms with E-state index in [0.29, 0.717) is 22.6 Å². The van der Waals surface area contributed by atoms with E-state index in [1.807, 2.05) is 12.1 Å². The Morgan fingerprint density at radius 3 is 2.54 bits per heavy atom. The first-order chi connectivity index (χ1) is 12.5. The Balaban J connectivity index is 1.67. The summed E-state index contributed by atoms with van der Waals surface area (Å²) in [5, 5.41) is 12.9. The average Bonchev–Trinajstić information content (AvgIpc) is 3.11. The first-order valence-electron chi connectivity index (χ1n) is 7.55. The Bertz CT molecular complexity index is 977. The van der Waals surface area contributed by atoms with Gasteiger partial charge in [0.1, 0.15) is 11.5 Å². The highest BCUT2D eigenvalue weighted by Crippen LogP contribution is 2.22. The molecule has 0 aliphatic heterocycles. The molecule has 3 aromatic rings. The summed E-state index contributed by atoms with van der Waals surface area (Å²) in [7, 11) is 0. The second kappa shape index (κ2) is 7.96. The Kier molecular flexibility index (Phi) is 5.47. The molecule has 1 amide bonds. The van der Waals surface area contributed by atoms with Gasteiger partial charge in [0.05, 0.1) is 11.8 Å². The third-order valence-electron chi connectivity index (χ3n) is 3.49. The number of furan rings is 1. The van der Waals surface area contributed by atoms with Crippen molar-refractivity contribution < 1.29 is 19.1 Å². The van der Waals surface area contributed by atoms with Gasteiger partial charge in [-0.05, 0) is 71.1 Å². The molecule has 0 unspecified atom stereocenters. The highest BCUT2D eigenvalue weighted by atomic mass is 127. The minimum absolute atomic E-state index is 0.180. The van der Waals surface area contributed by atoms with Crippen molar-refractivity contribution in [2.75, 3.05) is 0 Å². The van der Waals surface area contributed by atoms with Crippen LogP contribution in [-0.4, -0.2) is 23.2 Å². The Morgan fingerprint density at radius 2 is 1.81 bits per heavy atom. The molecule has 2 N–H and O–H groups in total. The van der Waals surface area contributed by atoms with Gasteiger partial charge in [-0.3, -0.25) is 4.79 Å². The van der Waals surface area contributed by atoms with Crippen molar-refractivity contribution >= 4 is 40.7 Å². The summed E-state index contributed by atoms with van der Waals surface area (Å²) in [6, 6.07) is 16.9. The topological polar surface area (TPSA) is 91.9 Å². The normalized spacial score (nSPS) is 10.8. The lowest BCUT2D eigenvalue weighted by atomic mass is 10.1. The van der Waals surface area contributed by atoms with Crippen LogP contribution in [0.1, 0.15) is 26.5 Å². The van der Waals surface area contributed by atoms with Gasteiger partial charge in [-0.2, -0.15) is 5.10 Å². The van der Waals surface area contributed by atoms with E-state index >= 15 is 0 Å². The van der Waals surface area contributed by atoms with Crippen molar-refractivity contribution in [3.05, 3.63) is 81.1 Å². The third kappa shape index (κ3) is 4.37. The fraction of sp³-hybridized carbons (Fsp3) is 0. The largest absolute Gasteiger partial charge is 0.478 e. The van der Waals surface area contributed by atoms with Gasteiger partial charge in [0.25, 0.3) is 5.91 Å². The molecule has 0 radical (unpaired) electrons. The molecule has 0 spiro atoms. The zero-order valence-electron chi connectivity index (χ0n) is 13.3. The maximum Gasteiger partial charge on any atom is 0.335 e. The quantitative estimate of drug-likeness (QED) is 0.342. The van der Waals surface area contributed by atoms with Gasteiger partial charge in [-0.15, -0.1) is 0 Å². The molecule has 6 nitrogen and oxygen atoms in total. The number of carboxylic acid groups (broad SMARTS) is 1. The van der Waals surface area contributed by atoms with E-state index in [9.17, 15) is 9.59 Å². The van der Waals surface area contributed by atoms with Crippen LogP contribution in [0, 0.1) is 3.57 Å². The molecule has 0 bridgehead atoms. The van der Waals surface area contributed by atoms with Crippen LogP contribution in [0.2, 0.25) is 0 Å². The number of nitrogens with zero attached hydrogens (tertiary/aromatic N) is 1. The molecule has 1 aromatic heterocycles. The van der Waals surface area contributed by atoms with Crippen LogP contribution in [-0.2, 0) is 0 Å². The molecule has 0 saturated carbocycles. The second-order valence-corrected chi connectivity index (χ2v) is 6.54. The van der Waals surface area contributed by atoms with E-state index in [4.69, 9.17) is 9.52 Å². The van der Waals surface area contributed by atoms with Crippen LogP contribution in [0.25, 0.3) is 11.3 Å². The number of carbonyl (C=O) groups is 2. The van der Waals surface area contributed by atoms with Gasteiger partial charge >= 0.3 is 5.97 Å². The molecule has 0 aliphatic carbocycles. The fourth-order valence-corrected chi connectivity index (χ4v) is 2.56. The number of aromatic carboxylic acids is 1. The van der Waals surface area contributed by atoms with Crippen LogP contribution >= 0.6 is 22.6 Å². The number of hydrazone groups is 1. The van der Waals surface area contributed by atoms with E-state index in [1.54, 1.807) is 36.4 Å². The van der Waals surface area contributed by atoms with Crippen LogP contribution in [0.3, 0.4) is 0 Å². The molecule has 0 atom stereocenters. The maximum absolute atomic E-state index is 12.0. The first-order valence-corrected chi connectivity index (χ1v) is 8.63. The lowest BCUT2D eigenvalue weighted by molar-refractivity contribution is 0.0696. The number of carbonyl (C=O) groups excluding carboxylic acids is 1. The molecule has 1 heterocycles. The Morgan fingerprint density at radius 1 is 1.04 bits per heavy atom. The molecule has 3 rings (SSSR count). The van der Waals surface area contributed by atoms with E-state index in [0.717, 1.165) is 3.57 Å². The summed E-state index contributed by atoms with van der Waals surface area (Å²) in [4.78, 5) is 23.0. The molecule has 2 aromatic carbocycles. The minimum Gasteiger partial charge on any atom is -0.478 e. The molecule has 0 fully saturated rings. The second-order valence-electron chi connectivity index (χ2n) is 5.29. The van der Waals surface area contributed by atoms with Crippen molar-refractivity contribution in [1.29, 1.82) is 0 Å². The van der Waals surface area contributed by atoms with Gasteiger partial charge in [0, 0.05) is 14.7 Å². The highest BCUT2D eigenvalue weighted by molar-refractivity contribution is 14.1. The van der Waals surface area contributed by atoms with Crippen molar-refractivity contribution in [3.8, 4) is 11.3 Å². The lowest BCUT2D eigenvalue weighted by Crippen LogP contribution is -2.17. The van der Waals surface area contributed by atoms with Crippen molar-refractivity contribution in [3.63, 3.8) is 0 Å². The number of nitrogens with one attached hydrogen (secondary N) is 1. The predicted molar refractivity (Wildman–Crippen MR) is 105 cm³/mol. The number of benzene rings is 2. The van der Waals surface area contributed by atoms with Crippen molar-refractivity contribution in [2.24, 2.45) is 5.10 Å². The number of amides is 1. The van der Waals surface area contributed by atoms with Crippen LogP contribution in [0.15, 0.2) is 70.2 Å². The standard InChI is InChI=1S/C19H13IN2O4/c20-15-6-4-12(5-7-15)18(23)22-21-11-16-8-9-17(26-16)13-2-1-3-14(10-13)19(24)25/h1-11H,(H,22,23)(H,24,25)/b21-11-. The zero-order chi connectivity index (χ0) is 18.5. The van der Waals surface area contributed by atoms with E-state index in [-0.39, 0.29) is 11.5 Å². The van der Waals surface area contributed by atoms with Gasteiger partial charge in [-0.25, -0.2) is 10.2 Å². The number of rotatable bonds is 5. The van der Waals surface area contributed by atoms with Gasteiger partial charge in [0.2, 0.25) is 0 Å². The summed E-state index contributed by atoms with van der Waals surface area (Å²) in [5.41, 5.74) is 3.76. The van der Waals surface area contributed by atoms with Crippen molar-refractivity contribution in [2.45, 2.75) is 0 Å². The summed E-state index contributed by atoms with van der Waals surface area (Å²) >= 11 is 2.16. The van der Waals surface area contributed by atoms with Gasteiger partial charge < -0.3 is 9.52 Å². The summed E-state index contributed by atoms with van der Waals surface area (Å²) in [5.74, 6) is -0.376. The van der Waals surface area contributed by atoms with Crippen LogP contribution in [0.5, 0.6) is 0 Å². The van der Waals surface area contributed by atoms with Crippen molar-refractivity contribution in [1.82, 2.24) is 5.43 Å². The van der Waals surface area contributed by atoms with E-state index < -0.39 is 5.97 Å². The predicted octanol–water partition coefficient (Wildman–Crippen LogP) is 4.01. The molecule has 26 heavy (non-hydrogen) atoms. The smallest absolute Gasteiger partial charge is 0.335 e. The zero-order valence-corrected chi connectivity index (χ0v) is 15.5. The van der Waals surface area contributed by atoms with Gasteiger partial charge in [0.15, 0.2) is 0 Å². The van der Waals surface area contributed by atoms with Crippen LogP contribution < -0.4 is 5.43 Å². The van der Waals surface area contributed by atoms with E-state index in [1.165, 1.54) is 18.3 Å². The molecule has 0 saturated heterocycles. The Hall–Kier alpha value is -2.94. The number of carboxylic acids is 1. The van der Waals surface area contributed by atoms with Crippen LogP contribution in [0.4, 0.5) is 0 Å². The summed E-state index contributed by atoms with van der Waals surface area (Å²) in [6.45, 7) is 0. The monoisotopic (exact) mass is 460 g/mol. The summed E-state index contributed by atoms with van der Waals surface area (Å²) < 4.78 is 6.65. The number of halogens is 1. The van der Waals surface area contributed by atoms with E-state index in [2.05, 4.69) is 33.1 Å². The highest BCUT2D eigenvalue weighted by Gasteiger charge is 2.08. The lowest BCUT2D eigenvalue weighted by Gasteiger charge is -2.00. The minimum atomic E-state index is -1.00. The first kappa shape index (κ1) is 17.9. The van der Waals surface area contributed by atoms with Gasteiger partial charge in [-0.1, -0.05) is 12.1 Å². The maximum atomic E-state index is 12.0. The average molecular weight is 460 g/mol. The summed E-state index contributed by atoms with van der Waals surface area (Å²) in [6.07, 6.45) is 1.38.